The van der Waals surface area contributed by atoms with Gasteiger partial charge in [-0.3, -0.25) is 14.5 Å². The standard InChI is InChI=1S/C23H28ClN3O2/c1-3-27(4-2)23(29)20-11-10-19(15-21(20)24)25-22(28)18-9-7-8-17(14-18)16-26-12-5-6-13-26/h7-11,14-15H,3-6,12-13,16H2,1-2H3,(H,25,28). The first-order valence-electron chi connectivity index (χ1n) is 10.2. The summed E-state index contributed by atoms with van der Waals surface area (Å²) in [6.45, 7) is 8.22. The number of hydrogen-bond donors (Lipinski definition) is 1. The van der Waals surface area contributed by atoms with Crippen LogP contribution in [0.4, 0.5) is 5.69 Å². The highest BCUT2D eigenvalue weighted by molar-refractivity contribution is 6.34. The lowest BCUT2D eigenvalue weighted by Crippen LogP contribution is -2.30. The number of nitrogens with zero attached hydrogens (tertiary/aromatic N) is 2. The van der Waals surface area contributed by atoms with Crippen LogP contribution in [0.5, 0.6) is 0 Å². The Kier molecular flexibility index (Phi) is 7.29. The van der Waals surface area contributed by atoms with Gasteiger partial charge in [0.1, 0.15) is 0 Å². The molecule has 1 heterocycles. The van der Waals surface area contributed by atoms with Crippen LogP contribution in [-0.4, -0.2) is 47.8 Å². The number of rotatable bonds is 7. The molecule has 0 aliphatic carbocycles. The van der Waals surface area contributed by atoms with E-state index in [4.69, 9.17) is 11.6 Å². The fraction of sp³-hybridized carbons (Fsp3) is 0.391. The molecule has 0 aromatic heterocycles. The van der Waals surface area contributed by atoms with Crippen LogP contribution in [0.25, 0.3) is 0 Å². The minimum atomic E-state index is -0.188. The summed E-state index contributed by atoms with van der Waals surface area (Å²) in [7, 11) is 0. The fourth-order valence-electron chi connectivity index (χ4n) is 3.66. The average Bonchev–Trinajstić information content (AvgIpc) is 3.22. The minimum absolute atomic E-state index is 0.104. The number of amides is 2. The molecule has 154 valence electrons. The molecule has 2 aromatic carbocycles. The summed E-state index contributed by atoms with van der Waals surface area (Å²) in [6.07, 6.45) is 2.49. The van der Waals surface area contributed by atoms with Crippen molar-refractivity contribution in [3.8, 4) is 0 Å². The molecule has 5 nitrogen and oxygen atoms in total. The van der Waals surface area contributed by atoms with E-state index in [2.05, 4.69) is 16.3 Å². The van der Waals surface area contributed by atoms with Gasteiger partial charge >= 0.3 is 0 Å². The molecule has 0 spiro atoms. The predicted octanol–water partition coefficient (Wildman–Crippen LogP) is 4.67. The van der Waals surface area contributed by atoms with Crippen molar-refractivity contribution in [2.45, 2.75) is 33.2 Å². The van der Waals surface area contributed by atoms with E-state index < -0.39 is 0 Å². The Morgan fingerprint density at radius 1 is 1.07 bits per heavy atom. The van der Waals surface area contributed by atoms with Crippen LogP contribution in [0.1, 0.15) is 53.0 Å². The maximum atomic E-state index is 12.7. The number of likely N-dealkylation sites (tertiary alicyclic amines) is 1. The molecule has 0 unspecified atom stereocenters. The zero-order chi connectivity index (χ0) is 20.8. The van der Waals surface area contributed by atoms with Crippen molar-refractivity contribution in [2.75, 3.05) is 31.5 Å². The van der Waals surface area contributed by atoms with E-state index in [1.807, 2.05) is 32.0 Å². The van der Waals surface area contributed by atoms with Crippen molar-refractivity contribution in [1.29, 1.82) is 0 Å². The molecule has 0 saturated carbocycles. The number of halogens is 1. The van der Waals surface area contributed by atoms with Gasteiger partial charge < -0.3 is 10.2 Å². The molecule has 3 rings (SSSR count). The maximum absolute atomic E-state index is 12.7. The fourth-order valence-corrected chi connectivity index (χ4v) is 3.92. The van der Waals surface area contributed by atoms with Gasteiger partial charge in [-0.1, -0.05) is 23.7 Å². The lowest BCUT2D eigenvalue weighted by Gasteiger charge is -2.19. The lowest BCUT2D eigenvalue weighted by atomic mass is 10.1. The molecule has 0 bridgehead atoms. The molecular formula is C23H28ClN3O2. The zero-order valence-electron chi connectivity index (χ0n) is 17.1. The number of hydrogen-bond acceptors (Lipinski definition) is 3. The highest BCUT2D eigenvalue weighted by Gasteiger charge is 2.17. The molecule has 1 aliphatic heterocycles. The third kappa shape index (κ3) is 5.37. The van der Waals surface area contributed by atoms with Crippen LogP contribution >= 0.6 is 11.6 Å². The van der Waals surface area contributed by atoms with E-state index in [0.717, 1.165) is 25.2 Å². The van der Waals surface area contributed by atoms with Crippen molar-refractivity contribution < 1.29 is 9.59 Å². The number of benzene rings is 2. The van der Waals surface area contributed by atoms with Crippen LogP contribution < -0.4 is 5.32 Å². The Balaban J connectivity index is 1.69. The van der Waals surface area contributed by atoms with E-state index in [1.54, 1.807) is 23.1 Å². The van der Waals surface area contributed by atoms with Crippen LogP contribution in [0, 0.1) is 0 Å². The summed E-state index contributed by atoms with van der Waals surface area (Å²) in [5.41, 5.74) is 2.76. The quantitative estimate of drug-likeness (QED) is 0.717. The Morgan fingerprint density at radius 3 is 2.45 bits per heavy atom. The lowest BCUT2D eigenvalue weighted by molar-refractivity contribution is 0.0773. The van der Waals surface area contributed by atoms with E-state index in [1.165, 1.54) is 12.8 Å². The van der Waals surface area contributed by atoms with Crippen molar-refractivity contribution in [3.63, 3.8) is 0 Å². The summed E-state index contributed by atoms with van der Waals surface area (Å²) >= 11 is 6.33. The van der Waals surface area contributed by atoms with E-state index in [9.17, 15) is 9.59 Å². The Labute approximate surface area is 177 Å². The molecule has 0 radical (unpaired) electrons. The van der Waals surface area contributed by atoms with Crippen LogP contribution in [0.3, 0.4) is 0 Å². The van der Waals surface area contributed by atoms with Crippen molar-refractivity contribution in [3.05, 3.63) is 64.2 Å². The highest BCUT2D eigenvalue weighted by atomic mass is 35.5. The molecule has 6 heteroatoms. The van der Waals surface area contributed by atoms with E-state index in [-0.39, 0.29) is 11.8 Å². The number of carbonyl (C=O) groups excluding carboxylic acids is 2. The van der Waals surface area contributed by atoms with Gasteiger partial charge in [0, 0.05) is 30.9 Å². The van der Waals surface area contributed by atoms with Gasteiger partial charge in [0.2, 0.25) is 0 Å². The zero-order valence-corrected chi connectivity index (χ0v) is 17.8. The largest absolute Gasteiger partial charge is 0.339 e. The molecule has 2 aromatic rings. The molecule has 1 N–H and O–H groups in total. The molecule has 2 amide bonds. The SMILES string of the molecule is CCN(CC)C(=O)c1ccc(NC(=O)c2cccc(CN3CCCC3)c2)cc1Cl. The van der Waals surface area contributed by atoms with Gasteiger partial charge in [-0.05, 0) is 75.7 Å². The normalized spacial score (nSPS) is 14.0. The Bertz CT molecular complexity index is 874. The van der Waals surface area contributed by atoms with Crippen molar-refractivity contribution >= 4 is 29.1 Å². The highest BCUT2D eigenvalue weighted by Crippen LogP contribution is 2.23. The van der Waals surface area contributed by atoms with Crippen LogP contribution in [-0.2, 0) is 6.54 Å². The Morgan fingerprint density at radius 2 is 1.79 bits per heavy atom. The molecule has 1 saturated heterocycles. The smallest absolute Gasteiger partial charge is 0.255 e. The Hall–Kier alpha value is -2.37. The second kappa shape index (κ2) is 9.90. The van der Waals surface area contributed by atoms with Crippen LogP contribution in [0.15, 0.2) is 42.5 Å². The molecule has 1 fully saturated rings. The summed E-state index contributed by atoms with van der Waals surface area (Å²) in [5.74, 6) is -0.292. The number of anilines is 1. The van der Waals surface area contributed by atoms with Gasteiger partial charge in [0.15, 0.2) is 0 Å². The minimum Gasteiger partial charge on any atom is -0.339 e. The molecule has 0 atom stereocenters. The van der Waals surface area contributed by atoms with Gasteiger partial charge in [0.25, 0.3) is 11.8 Å². The topological polar surface area (TPSA) is 52.7 Å². The first-order chi connectivity index (χ1) is 14.0. The number of carbonyl (C=O) groups is 2. The average molecular weight is 414 g/mol. The first kappa shape index (κ1) is 21.3. The van der Waals surface area contributed by atoms with E-state index in [0.29, 0.717) is 34.9 Å². The van der Waals surface area contributed by atoms with Gasteiger partial charge in [-0.15, -0.1) is 0 Å². The summed E-state index contributed by atoms with van der Waals surface area (Å²) < 4.78 is 0. The van der Waals surface area contributed by atoms with Crippen molar-refractivity contribution in [2.24, 2.45) is 0 Å². The summed E-state index contributed by atoms with van der Waals surface area (Å²) in [4.78, 5) is 29.3. The second-order valence-corrected chi connectivity index (χ2v) is 7.72. The van der Waals surface area contributed by atoms with Gasteiger partial charge in [-0.25, -0.2) is 0 Å². The molecule has 29 heavy (non-hydrogen) atoms. The number of nitrogens with one attached hydrogen (secondary N) is 1. The summed E-state index contributed by atoms with van der Waals surface area (Å²) in [5, 5.41) is 3.22. The second-order valence-electron chi connectivity index (χ2n) is 7.31. The first-order valence-corrected chi connectivity index (χ1v) is 10.6. The third-order valence-electron chi connectivity index (χ3n) is 5.30. The van der Waals surface area contributed by atoms with E-state index >= 15 is 0 Å². The third-order valence-corrected chi connectivity index (χ3v) is 5.61. The van der Waals surface area contributed by atoms with Crippen LogP contribution in [0.2, 0.25) is 5.02 Å². The van der Waals surface area contributed by atoms with Gasteiger partial charge in [0.05, 0.1) is 10.6 Å². The van der Waals surface area contributed by atoms with Gasteiger partial charge in [-0.2, -0.15) is 0 Å². The molecular weight excluding hydrogens is 386 g/mol. The maximum Gasteiger partial charge on any atom is 0.255 e. The monoisotopic (exact) mass is 413 g/mol. The predicted molar refractivity (Wildman–Crippen MR) is 118 cm³/mol. The summed E-state index contributed by atoms with van der Waals surface area (Å²) in [6, 6.07) is 12.7. The molecule has 1 aliphatic rings. The van der Waals surface area contributed by atoms with Crippen molar-refractivity contribution in [1.82, 2.24) is 9.80 Å².